The van der Waals surface area contributed by atoms with Crippen LogP contribution < -0.4 is 10.6 Å². The van der Waals surface area contributed by atoms with E-state index in [0.717, 1.165) is 0 Å². The van der Waals surface area contributed by atoms with Crippen LogP contribution in [0.1, 0.15) is 15.9 Å². The molecule has 0 unspecified atom stereocenters. The van der Waals surface area contributed by atoms with E-state index < -0.39 is 13.5 Å². The van der Waals surface area contributed by atoms with Gasteiger partial charge in [-0.3, -0.25) is 9.36 Å². The van der Waals surface area contributed by atoms with Crippen LogP contribution in [0.25, 0.3) is 0 Å². The molecule has 1 amide bonds. The maximum absolute atomic E-state index is 12.1. The van der Waals surface area contributed by atoms with Crippen molar-refractivity contribution >= 4 is 24.5 Å². The number of carbonyl (C=O) groups is 1. The van der Waals surface area contributed by atoms with E-state index in [-0.39, 0.29) is 10.9 Å². The predicted octanol–water partition coefficient (Wildman–Crippen LogP) is 1.61. The van der Waals surface area contributed by atoms with Crippen molar-refractivity contribution in [2.24, 2.45) is 0 Å². The van der Waals surface area contributed by atoms with Gasteiger partial charge in [-0.15, -0.1) is 0 Å². The SMILES string of the molecule is N#Cc1ccc(NC(=O)c2ccccc2P(=O)(O)O)cc1. The van der Waals surface area contributed by atoms with Gasteiger partial charge in [-0.2, -0.15) is 5.26 Å². The summed E-state index contributed by atoms with van der Waals surface area (Å²) < 4.78 is 11.4. The highest BCUT2D eigenvalue weighted by Crippen LogP contribution is 2.34. The average molecular weight is 302 g/mol. The number of rotatable bonds is 3. The number of hydrogen-bond donors (Lipinski definition) is 3. The lowest BCUT2D eigenvalue weighted by Gasteiger charge is -2.11. The van der Waals surface area contributed by atoms with Crippen molar-refractivity contribution in [1.29, 1.82) is 5.26 Å². The Hall–Kier alpha value is -2.45. The third-order valence-corrected chi connectivity index (χ3v) is 3.75. The molecule has 0 spiro atoms. The van der Waals surface area contributed by atoms with Crippen LogP contribution in [0.5, 0.6) is 0 Å². The molecule has 0 saturated heterocycles. The second-order valence-corrected chi connectivity index (χ2v) is 5.77. The normalized spacial score (nSPS) is 10.7. The maximum atomic E-state index is 12.1. The standard InChI is InChI=1S/C14H11N2O4P/c15-9-10-5-7-11(8-6-10)16-14(17)12-3-1-2-4-13(12)21(18,19)20/h1-8H,(H,16,17)(H2,18,19,20). The van der Waals surface area contributed by atoms with Crippen molar-refractivity contribution in [3.63, 3.8) is 0 Å². The summed E-state index contributed by atoms with van der Waals surface area (Å²) in [4.78, 5) is 30.6. The zero-order chi connectivity index (χ0) is 15.5. The second-order valence-electron chi connectivity index (χ2n) is 4.20. The van der Waals surface area contributed by atoms with Crippen LogP contribution in [0.15, 0.2) is 48.5 Å². The number of benzene rings is 2. The molecule has 0 heterocycles. The van der Waals surface area contributed by atoms with Crippen molar-refractivity contribution in [1.82, 2.24) is 0 Å². The highest BCUT2D eigenvalue weighted by atomic mass is 31.2. The van der Waals surface area contributed by atoms with Gasteiger partial charge >= 0.3 is 7.60 Å². The fraction of sp³-hybridized carbons (Fsp3) is 0. The molecule has 7 heteroatoms. The molecule has 0 aliphatic carbocycles. The van der Waals surface area contributed by atoms with Crippen molar-refractivity contribution in [2.75, 3.05) is 5.32 Å². The lowest BCUT2D eigenvalue weighted by molar-refractivity contribution is 0.102. The summed E-state index contributed by atoms with van der Waals surface area (Å²) in [5.41, 5.74) is 0.790. The van der Waals surface area contributed by atoms with Gasteiger partial charge in [0.2, 0.25) is 0 Å². The number of carbonyl (C=O) groups excluding carboxylic acids is 1. The van der Waals surface area contributed by atoms with E-state index in [1.807, 2.05) is 6.07 Å². The Labute approximate surface area is 120 Å². The highest BCUT2D eigenvalue weighted by Gasteiger charge is 2.24. The van der Waals surface area contributed by atoms with Crippen molar-refractivity contribution < 1.29 is 19.1 Å². The molecule has 0 aliphatic rings. The van der Waals surface area contributed by atoms with Gasteiger partial charge in [-0.25, -0.2) is 0 Å². The predicted molar refractivity (Wildman–Crippen MR) is 77.2 cm³/mol. The van der Waals surface area contributed by atoms with Crippen LogP contribution >= 0.6 is 7.60 Å². The van der Waals surface area contributed by atoms with E-state index in [0.29, 0.717) is 11.3 Å². The van der Waals surface area contributed by atoms with Gasteiger partial charge in [0.1, 0.15) is 0 Å². The molecule has 0 radical (unpaired) electrons. The topological polar surface area (TPSA) is 110 Å². The fourth-order valence-electron chi connectivity index (χ4n) is 1.75. The Bertz CT molecular complexity index is 759. The highest BCUT2D eigenvalue weighted by molar-refractivity contribution is 7.60. The van der Waals surface area contributed by atoms with Gasteiger partial charge < -0.3 is 15.1 Å². The summed E-state index contributed by atoms with van der Waals surface area (Å²) >= 11 is 0. The van der Waals surface area contributed by atoms with Gasteiger partial charge in [0.05, 0.1) is 22.5 Å². The van der Waals surface area contributed by atoms with Crippen molar-refractivity contribution in [3.8, 4) is 6.07 Å². The fourth-order valence-corrected chi connectivity index (χ4v) is 2.52. The van der Waals surface area contributed by atoms with Crippen LogP contribution in [-0.4, -0.2) is 15.7 Å². The molecule has 0 saturated carbocycles. The Morgan fingerprint density at radius 1 is 1.10 bits per heavy atom. The third-order valence-electron chi connectivity index (χ3n) is 2.73. The minimum absolute atomic E-state index is 0.0878. The molecular formula is C14H11N2O4P. The first-order valence-corrected chi connectivity index (χ1v) is 7.49. The molecule has 106 valence electrons. The summed E-state index contributed by atoms with van der Waals surface area (Å²) in [6, 6.07) is 13.6. The van der Waals surface area contributed by atoms with Crippen molar-refractivity contribution in [3.05, 3.63) is 59.7 Å². The first-order valence-electron chi connectivity index (χ1n) is 5.88. The van der Waals surface area contributed by atoms with Gasteiger partial charge in [0, 0.05) is 5.69 Å². The molecular weight excluding hydrogens is 291 g/mol. The lowest BCUT2D eigenvalue weighted by Crippen LogP contribution is -2.21. The van der Waals surface area contributed by atoms with E-state index in [2.05, 4.69) is 5.32 Å². The molecule has 2 aromatic rings. The van der Waals surface area contributed by atoms with E-state index in [1.165, 1.54) is 48.5 Å². The van der Waals surface area contributed by atoms with Gasteiger partial charge in [0.15, 0.2) is 0 Å². The summed E-state index contributed by atoms with van der Waals surface area (Å²) in [5.74, 6) is -0.626. The molecule has 0 aromatic heterocycles. The Kier molecular flexibility index (Phi) is 4.20. The summed E-state index contributed by atoms with van der Waals surface area (Å²) in [6.07, 6.45) is 0. The first kappa shape index (κ1) is 14.9. The van der Waals surface area contributed by atoms with E-state index >= 15 is 0 Å². The number of nitrogens with zero attached hydrogens (tertiary/aromatic N) is 1. The number of nitrogens with one attached hydrogen (secondary N) is 1. The number of amides is 1. The van der Waals surface area contributed by atoms with E-state index in [4.69, 9.17) is 5.26 Å². The van der Waals surface area contributed by atoms with Crippen LogP contribution in [0.3, 0.4) is 0 Å². The molecule has 21 heavy (non-hydrogen) atoms. The Morgan fingerprint density at radius 2 is 1.71 bits per heavy atom. The molecule has 2 rings (SSSR count). The van der Waals surface area contributed by atoms with E-state index in [1.54, 1.807) is 0 Å². The minimum Gasteiger partial charge on any atom is -0.322 e. The van der Waals surface area contributed by atoms with Gasteiger partial charge in [0.25, 0.3) is 5.91 Å². The third kappa shape index (κ3) is 3.56. The minimum atomic E-state index is -4.53. The van der Waals surface area contributed by atoms with Crippen LogP contribution in [-0.2, 0) is 4.57 Å². The second kappa shape index (κ2) is 5.90. The lowest BCUT2D eigenvalue weighted by atomic mass is 10.2. The van der Waals surface area contributed by atoms with Crippen LogP contribution in [0.4, 0.5) is 5.69 Å². The Balaban J connectivity index is 2.29. The smallest absolute Gasteiger partial charge is 0.322 e. The maximum Gasteiger partial charge on any atom is 0.357 e. The number of hydrogen-bond acceptors (Lipinski definition) is 3. The molecule has 0 aliphatic heterocycles. The summed E-state index contributed by atoms with van der Waals surface area (Å²) in [7, 11) is -4.53. The molecule has 2 aromatic carbocycles. The van der Waals surface area contributed by atoms with Crippen LogP contribution in [0.2, 0.25) is 0 Å². The molecule has 3 N–H and O–H groups in total. The summed E-state index contributed by atoms with van der Waals surface area (Å²) in [6.45, 7) is 0. The number of nitriles is 1. The molecule has 6 nitrogen and oxygen atoms in total. The molecule has 0 atom stereocenters. The quantitative estimate of drug-likeness (QED) is 0.746. The number of anilines is 1. The monoisotopic (exact) mass is 302 g/mol. The van der Waals surface area contributed by atoms with E-state index in [9.17, 15) is 19.1 Å². The molecule has 0 bridgehead atoms. The van der Waals surface area contributed by atoms with Gasteiger partial charge in [-0.05, 0) is 36.4 Å². The first-order chi connectivity index (χ1) is 9.91. The van der Waals surface area contributed by atoms with Gasteiger partial charge in [-0.1, -0.05) is 12.1 Å². The molecule has 0 fully saturated rings. The zero-order valence-electron chi connectivity index (χ0n) is 10.7. The average Bonchev–Trinajstić information content (AvgIpc) is 2.47. The largest absolute Gasteiger partial charge is 0.357 e. The van der Waals surface area contributed by atoms with Crippen molar-refractivity contribution in [2.45, 2.75) is 0 Å². The zero-order valence-corrected chi connectivity index (χ0v) is 11.6. The summed E-state index contributed by atoms with van der Waals surface area (Å²) in [5, 5.41) is 10.9. The Morgan fingerprint density at radius 3 is 2.29 bits per heavy atom. The van der Waals surface area contributed by atoms with Crippen LogP contribution in [0, 0.1) is 11.3 Å².